The molecule has 1 amide bonds. The number of hydrogen-bond donors (Lipinski definition) is 1. The van der Waals surface area contributed by atoms with Crippen molar-refractivity contribution in [1.29, 1.82) is 0 Å². The van der Waals surface area contributed by atoms with E-state index in [9.17, 15) is 9.18 Å². The van der Waals surface area contributed by atoms with Gasteiger partial charge < -0.3 is 14.8 Å². The molecule has 0 spiro atoms. The van der Waals surface area contributed by atoms with Gasteiger partial charge >= 0.3 is 0 Å². The SMILES string of the molecule is CC1c2nc(CC(=O)NC3CCC3)cn2CCN1c1ncc(F)cn1. The van der Waals surface area contributed by atoms with Crippen molar-refractivity contribution in [2.45, 2.75) is 51.2 Å². The maximum absolute atomic E-state index is 13.0. The van der Waals surface area contributed by atoms with Crippen LogP contribution in [-0.4, -0.2) is 38.0 Å². The molecule has 1 saturated carbocycles. The highest BCUT2D eigenvalue weighted by atomic mass is 19.1. The van der Waals surface area contributed by atoms with Gasteiger partial charge in [0.2, 0.25) is 11.9 Å². The summed E-state index contributed by atoms with van der Waals surface area (Å²) in [6, 6.07) is 0.303. The number of nitrogens with zero attached hydrogens (tertiary/aromatic N) is 5. The Morgan fingerprint density at radius 2 is 2.08 bits per heavy atom. The first-order valence-electron chi connectivity index (χ1n) is 8.69. The highest BCUT2D eigenvalue weighted by Gasteiger charge is 2.28. The predicted molar refractivity (Wildman–Crippen MR) is 89.5 cm³/mol. The molecule has 1 aliphatic carbocycles. The Morgan fingerprint density at radius 1 is 1.32 bits per heavy atom. The first kappa shape index (κ1) is 16.0. The predicted octanol–water partition coefficient (Wildman–Crippen LogP) is 1.60. The van der Waals surface area contributed by atoms with E-state index in [1.807, 2.05) is 18.0 Å². The average molecular weight is 344 g/mol. The van der Waals surface area contributed by atoms with Gasteiger partial charge in [-0.15, -0.1) is 0 Å². The molecule has 25 heavy (non-hydrogen) atoms. The number of amides is 1. The van der Waals surface area contributed by atoms with Crippen LogP contribution in [0.15, 0.2) is 18.6 Å². The number of carbonyl (C=O) groups is 1. The summed E-state index contributed by atoms with van der Waals surface area (Å²) in [5.74, 6) is 0.958. The van der Waals surface area contributed by atoms with E-state index in [0.29, 0.717) is 25.0 Å². The second-order valence-electron chi connectivity index (χ2n) is 6.73. The molecule has 0 saturated heterocycles. The van der Waals surface area contributed by atoms with Gasteiger partial charge in [0.1, 0.15) is 5.82 Å². The van der Waals surface area contributed by atoms with Crippen molar-refractivity contribution in [2.24, 2.45) is 0 Å². The van der Waals surface area contributed by atoms with Gasteiger partial charge in [0, 0.05) is 25.3 Å². The zero-order chi connectivity index (χ0) is 17.4. The molecule has 0 bridgehead atoms. The van der Waals surface area contributed by atoms with Crippen LogP contribution in [0.3, 0.4) is 0 Å². The quantitative estimate of drug-likeness (QED) is 0.912. The van der Waals surface area contributed by atoms with Crippen molar-refractivity contribution in [3.05, 3.63) is 35.9 Å². The second-order valence-corrected chi connectivity index (χ2v) is 6.73. The number of nitrogens with one attached hydrogen (secondary N) is 1. The molecular weight excluding hydrogens is 323 g/mol. The van der Waals surface area contributed by atoms with Crippen LogP contribution in [0, 0.1) is 5.82 Å². The topological polar surface area (TPSA) is 75.9 Å². The maximum Gasteiger partial charge on any atom is 0.226 e. The van der Waals surface area contributed by atoms with Gasteiger partial charge in [-0.05, 0) is 26.2 Å². The van der Waals surface area contributed by atoms with Crippen LogP contribution in [0.1, 0.15) is 43.7 Å². The van der Waals surface area contributed by atoms with E-state index in [2.05, 4.69) is 24.8 Å². The summed E-state index contributed by atoms with van der Waals surface area (Å²) in [6.07, 6.45) is 7.96. The molecule has 3 heterocycles. The van der Waals surface area contributed by atoms with Crippen LogP contribution in [-0.2, 0) is 17.8 Å². The van der Waals surface area contributed by atoms with E-state index < -0.39 is 5.82 Å². The van der Waals surface area contributed by atoms with E-state index in [1.165, 1.54) is 18.8 Å². The lowest BCUT2D eigenvalue weighted by molar-refractivity contribution is -0.121. The molecule has 0 radical (unpaired) electrons. The Balaban J connectivity index is 1.47. The number of fused-ring (bicyclic) bond motifs is 1. The van der Waals surface area contributed by atoms with Gasteiger partial charge in [0.25, 0.3) is 0 Å². The number of halogens is 1. The van der Waals surface area contributed by atoms with Gasteiger partial charge in [-0.25, -0.2) is 19.3 Å². The number of imidazole rings is 1. The molecule has 2 aromatic rings. The second kappa shape index (κ2) is 6.42. The summed E-state index contributed by atoms with van der Waals surface area (Å²) in [5.41, 5.74) is 0.778. The van der Waals surface area contributed by atoms with Crippen LogP contribution >= 0.6 is 0 Å². The van der Waals surface area contributed by atoms with Crippen LogP contribution in [0.4, 0.5) is 10.3 Å². The van der Waals surface area contributed by atoms with Crippen LogP contribution < -0.4 is 10.2 Å². The van der Waals surface area contributed by atoms with Crippen molar-refractivity contribution in [2.75, 3.05) is 11.4 Å². The largest absolute Gasteiger partial charge is 0.353 e. The molecule has 1 N–H and O–H groups in total. The molecule has 1 aliphatic heterocycles. The van der Waals surface area contributed by atoms with E-state index in [4.69, 9.17) is 0 Å². The summed E-state index contributed by atoms with van der Waals surface area (Å²) < 4.78 is 15.1. The van der Waals surface area contributed by atoms with Gasteiger partial charge in [-0.2, -0.15) is 0 Å². The van der Waals surface area contributed by atoms with E-state index in [-0.39, 0.29) is 11.9 Å². The van der Waals surface area contributed by atoms with Gasteiger partial charge in [0.15, 0.2) is 5.82 Å². The van der Waals surface area contributed by atoms with E-state index in [1.54, 1.807) is 0 Å². The van der Waals surface area contributed by atoms with E-state index >= 15 is 0 Å². The summed E-state index contributed by atoms with van der Waals surface area (Å²) in [5, 5.41) is 3.04. The Bertz CT molecular complexity index is 770. The molecule has 1 unspecified atom stereocenters. The zero-order valence-electron chi connectivity index (χ0n) is 14.2. The minimum absolute atomic E-state index is 0.0338. The third-order valence-corrected chi connectivity index (χ3v) is 4.96. The molecule has 4 rings (SSSR count). The minimum Gasteiger partial charge on any atom is -0.353 e. The summed E-state index contributed by atoms with van der Waals surface area (Å²) in [4.78, 5) is 26.9. The average Bonchev–Trinajstić information content (AvgIpc) is 2.96. The zero-order valence-corrected chi connectivity index (χ0v) is 14.2. The Kier molecular flexibility index (Phi) is 4.10. The van der Waals surface area contributed by atoms with E-state index in [0.717, 1.165) is 30.9 Å². The van der Waals surface area contributed by atoms with Crippen molar-refractivity contribution in [1.82, 2.24) is 24.8 Å². The smallest absolute Gasteiger partial charge is 0.226 e. The lowest BCUT2D eigenvalue weighted by Gasteiger charge is -2.33. The van der Waals surface area contributed by atoms with Gasteiger partial charge in [-0.3, -0.25) is 4.79 Å². The first-order valence-corrected chi connectivity index (χ1v) is 8.69. The Hall–Kier alpha value is -2.51. The van der Waals surface area contributed by atoms with Crippen molar-refractivity contribution in [3.8, 4) is 0 Å². The summed E-state index contributed by atoms with van der Waals surface area (Å²) >= 11 is 0. The van der Waals surface area contributed by atoms with Crippen LogP contribution in [0.5, 0.6) is 0 Å². The molecule has 2 aromatic heterocycles. The fourth-order valence-electron chi connectivity index (χ4n) is 3.36. The van der Waals surface area contributed by atoms with Crippen LogP contribution in [0.25, 0.3) is 0 Å². The number of hydrogen-bond acceptors (Lipinski definition) is 5. The monoisotopic (exact) mass is 344 g/mol. The minimum atomic E-state index is -0.449. The lowest BCUT2D eigenvalue weighted by atomic mass is 9.93. The Morgan fingerprint density at radius 3 is 2.76 bits per heavy atom. The first-order chi connectivity index (χ1) is 12.1. The number of aromatic nitrogens is 4. The standard InChI is InChI=1S/C17H21FN6O/c1-11-16-22-14(7-15(25)21-13-3-2-4-13)10-23(16)5-6-24(11)17-19-8-12(18)9-20-17/h8-11,13H,2-7H2,1H3,(H,21,25). The molecule has 7 nitrogen and oxygen atoms in total. The number of anilines is 1. The molecule has 8 heteroatoms. The molecule has 0 aromatic carbocycles. The molecule has 1 fully saturated rings. The fourth-order valence-corrected chi connectivity index (χ4v) is 3.36. The van der Waals surface area contributed by atoms with Crippen molar-refractivity contribution < 1.29 is 9.18 Å². The highest BCUT2D eigenvalue weighted by molar-refractivity contribution is 5.78. The highest BCUT2D eigenvalue weighted by Crippen LogP contribution is 2.27. The van der Waals surface area contributed by atoms with Crippen molar-refractivity contribution >= 4 is 11.9 Å². The molecule has 2 aliphatic rings. The molecule has 132 valence electrons. The maximum atomic E-state index is 13.0. The normalized spacial score (nSPS) is 20.1. The lowest BCUT2D eigenvalue weighted by Crippen LogP contribution is -2.40. The Labute approximate surface area is 145 Å². The summed E-state index contributed by atoms with van der Waals surface area (Å²) in [7, 11) is 0. The molecular formula is C17H21FN6O. The third-order valence-electron chi connectivity index (χ3n) is 4.96. The van der Waals surface area contributed by atoms with Crippen molar-refractivity contribution in [3.63, 3.8) is 0 Å². The van der Waals surface area contributed by atoms with Gasteiger partial charge in [0.05, 0.1) is 30.6 Å². The number of rotatable bonds is 4. The number of carbonyl (C=O) groups excluding carboxylic acids is 1. The van der Waals surface area contributed by atoms with Gasteiger partial charge in [-0.1, -0.05) is 0 Å². The molecule has 1 atom stereocenters. The fraction of sp³-hybridized carbons (Fsp3) is 0.529. The third kappa shape index (κ3) is 3.20. The van der Waals surface area contributed by atoms with Crippen LogP contribution in [0.2, 0.25) is 0 Å². The summed E-state index contributed by atoms with van der Waals surface area (Å²) in [6.45, 7) is 3.46.